The van der Waals surface area contributed by atoms with Gasteiger partial charge in [-0.2, -0.15) is 0 Å². The molecule has 2 aliphatic rings. The summed E-state index contributed by atoms with van der Waals surface area (Å²) < 4.78 is 0. The fourth-order valence-electron chi connectivity index (χ4n) is 3.95. The lowest BCUT2D eigenvalue weighted by atomic mass is 9.88. The molecule has 3 unspecified atom stereocenters. The van der Waals surface area contributed by atoms with Crippen LogP contribution in [-0.2, 0) is 0 Å². The van der Waals surface area contributed by atoms with E-state index in [2.05, 4.69) is 29.1 Å². The van der Waals surface area contributed by atoms with Crippen molar-refractivity contribution in [3.05, 3.63) is 24.0 Å². The molecule has 0 radical (unpaired) electrons. The van der Waals surface area contributed by atoms with Crippen LogP contribution in [-0.4, -0.2) is 18.6 Å². The van der Waals surface area contributed by atoms with E-state index < -0.39 is 0 Å². The SMILES string of the molecule is C[C@H](N)c1ccc(N(C)CC2CC3CCC2C3)cn1. The molecule has 4 atom stereocenters. The number of nitrogens with two attached hydrogens (primary N) is 1. The van der Waals surface area contributed by atoms with Gasteiger partial charge in [-0.05, 0) is 56.1 Å². The average molecular weight is 259 g/mol. The standard InChI is InChI=1S/C16H25N3/c1-11(17)16-6-5-15(9-18-16)19(2)10-14-8-12-3-4-13(14)7-12/h5-6,9,11-14H,3-4,7-8,10,17H2,1-2H3/t11-,12?,13?,14?/m0/s1. The number of hydrogen-bond acceptors (Lipinski definition) is 3. The van der Waals surface area contributed by atoms with E-state index in [1.165, 1.54) is 37.9 Å². The number of anilines is 1. The van der Waals surface area contributed by atoms with Gasteiger partial charge in [0.2, 0.25) is 0 Å². The highest BCUT2D eigenvalue weighted by molar-refractivity contribution is 5.44. The van der Waals surface area contributed by atoms with Crippen LogP contribution in [0.2, 0.25) is 0 Å². The lowest BCUT2D eigenvalue weighted by Crippen LogP contribution is -2.28. The van der Waals surface area contributed by atoms with Crippen molar-refractivity contribution < 1.29 is 0 Å². The summed E-state index contributed by atoms with van der Waals surface area (Å²) in [5, 5.41) is 0. The Bertz CT molecular complexity index is 426. The van der Waals surface area contributed by atoms with Crippen molar-refractivity contribution in [3.8, 4) is 0 Å². The molecule has 2 bridgehead atoms. The molecule has 0 spiro atoms. The van der Waals surface area contributed by atoms with Crippen molar-refractivity contribution in [3.63, 3.8) is 0 Å². The molecule has 1 aromatic heterocycles. The van der Waals surface area contributed by atoms with Crippen LogP contribution in [0, 0.1) is 17.8 Å². The number of pyridine rings is 1. The van der Waals surface area contributed by atoms with Crippen molar-refractivity contribution in [1.29, 1.82) is 0 Å². The largest absolute Gasteiger partial charge is 0.373 e. The summed E-state index contributed by atoms with van der Waals surface area (Å²) in [6.07, 6.45) is 7.84. The van der Waals surface area contributed by atoms with Crippen molar-refractivity contribution in [2.24, 2.45) is 23.5 Å². The van der Waals surface area contributed by atoms with E-state index in [4.69, 9.17) is 5.73 Å². The maximum absolute atomic E-state index is 5.84. The summed E-state index contributed by atoms with van der Waals surface area (Å²) in [4.78, 5) is 6.82. The second kappa shape index (κ2) is 5.12. The first-order chi connectivity index (χ1) is 9.13. The molecule has 2 fully saturated rings. The van der Waals surface area contributed by atoms with Gasteiger partial charge in [-0.15, -0.1) is 0 Å². The highest BCUT2D eigenvalue weighted by Crippen LogP contribution is 2.48. The monoisotopic (exact) mass is 259 g/mol. The highest BCUT2D eigenvalue weighted by Gasteiger charge is 2.39. The summed E-state index contributed by atoms with van der Waals surface area (Å²) in [6, 6.07) is 4.22. The van der Waals surface area contributed by atoms with Gasteiger partial charge in [-0.3, -0.25) is 4.98 Å². The second-order valence-corrected chi connectivity index (χ2v) is 6.55. The molecule has 3 nitrogen and oxygen atoms in total. The fourth-order valence-corrected chi connectivity index (χ4v) is 3.95. The van der Waals surface area contributed by atoms with Crippen LogP contribution in [0.25, 0.3) is 0 Å². The summed E-state index contributed by atoms with van der Waals surface area (Å²) >= 11 is 0. The summed E-state index contributed by atoms with van der Waals surface area (Å²) in [7, 11) is 2.19. The third-order valence-corrected chi connectivity index (χ3v) is 5.07. The predicted octanol–water partition coefficient (Wildman–Crippen LogP) is 2.97. The molecule has 0 amide bonds. The minimum absolute atomic E-state index is 0.0184. The molecular formula is C16H25N3. The van der Waals surface area contributed by atoms with Crippen LogP contribution < -0.4 is 10.6 Å². The Kier molecular flexibility index (Phi) is 3.48. The zero-order valence-electron chi connectivity index (χ0n) is 12.0. The summed E-state index contributed by atoms with van der Waals surface area (Å²) in [5.41, 5.74) is 8.02. The first-order valence-corrected chi connectivity index (χ1v) is 7.56. The Balaban J connectivity index is 1.62. The van der Waals surface area contributed by atoms with Gasteiger partial charge >= 0.3 is 0 Å². The van der Waals surface area contributed by atoms with Gasteiger partial charge in [-0.25, -0.2) is 0 Å². The van der Waals surface area contributed by atoms with E-state index in [9.17, 15) is 0 Å². The predicted molar refractivity (Wildman–Crippen MR) is 79.0 cm³/mol. The van der Waals surface area contributed by atoms with Gasteiger partial charge in [0.1, 0.15) is 0 Å². The molecule has 104 valence electrons. The molecule has 1 aromatic rings. The van der Waals surface area contributed by atoms with Crippen molar-refractivity contribution in [2.45, 2.75) is 38.6 Å². The molecule has 3 heteroatoms. The minimum Gasteiger partial charge on any atom is -0.373 e. The third-order valence-electron chi connectivity index (χ3n) is 5.07. The molecule has 0 aromatic carbocycles. The maximum Gasteiger partial charge on any atom is 0.0569 e. The molecule has 2 saturated carbocycles. The Morgan fingerprint density at radius 3 is 2.74 bits per heavy atom. The van der Waals surface area contributed by atoms with E-state index in [0.29, 0.717) is 0 Å². The minimum atomic E-state index is 0.0184. The van der Waals surface area contributed by atoms with E-state index in [-0.39, 0.29) is 6.04 Å². The number of rotatable bonds is 4. The Morgan fingerprint density at radius 1 is 1.37 bits per heavy atom. The van der Waals surface area contributed by atoms with Crippen LogP contribution in [0.15, 0.2) is 18.3 Å². The molecular weight excluding hydrogens is 234 g/mol. The lowest BCUT2D eigenvalue weighted by Gasteiger charge is -2.28. The number of fused-ring (bicyclic) bond motifs is 2. The zero-order chi connectivity index (χ0) is 13.4. The molecule has 19 heavy (non-hydrogen) atoms. The first-order valence-electron chi connectivity index (χ1n) is 7.56. The van der Waals surface area contributed by atoms with E-state index in [1.807, 2.05) is 13.1 Å². The third kappa shape index (κ3) is 2.62. The molecule has 3 rings (SSSR count). The lowest BCUT2D eigenvalue weighted by molar-refractivity contribution is 0.337. The van der Waals surface area contributed by atoms with Crippen LogP contribution in [0.1, 0.15) is 44.3 Å². The molecule has 0 aliphatic heterocycles. The number of aromatic nitrogens is 1. The number of nitrogens with zero attached hydrogens (tertiary/aromatic N) is 2. The Hall–Kier alpha value is -1.09. The van der Waals surface area contributed by atoms with Gasteiger partial charge in [0.25, 0.3) is 0 Å². The quantitative estimate of drug-likeness (QED) is 0.904. The first kappa shape index (κ1) is 12.9. The van der Waals surface area contributed by atoms with Gasteiger partial charge in [0, 0.05) is 19.6 Å². The average Bonchev–Trinajstić information content (AvgIpc) is 3.01. The van der Waals surface area contributed by atoms with Crippen molar-refractivity contribution in [2.75, 3.05) is 18.5 Å². The van der Waals surface area contributed by atoms with E-state index >= 15 is 0 Å². The summed E-state index contributed by atoms with van der Waals surface area (Å²) in [5.74, 6) is 2.92. The molecule has 2 aliphatic carbocycles. The fraction of sp³-hybridized carbons (Fsp3) is 0.688. The van der Waals surface area contributed by atoms with Crippen LogP contribution in [0.5, 0.6) is 0 Å². The van der Waals surface area contributed by atoms with Gasteiger partial charge in [0.05, 0.1) is 17.6 Å². The number of hydrogen-bond donors (Lipinski definition) is 1. The van der Waals surface area contributed by atoms with E-state index in [1.54, 1.807) is 0 Å². The van der Waals surface area contributed by atoms with Crippen LogP contribution in [0.3, 0.4) is 0 Å². The van der Waals surface area contributed by atoms with Crippen LogP contribution in [0.4, 0.5) is 5.69 Å². The topological polar surface area (TPSA) is 42.1 Å². The zero-order valence-corrected chi connectivity index (χ0v) is 12.0. The summed E-state index contributed by atoms with van der Waals surface area (Å²) in [6.45, 7) is 3.15. The highest BCUT2D eigenvalue weighted by atomic mass is 15.1. The van der Waals surface area contributed by atoms with Crippen LogP contribution >= 0.6 is 0 Å². The van der Waals surface area contributed by atoms with E-state index in [0.717, 1.165) is 23.4 Å². The maximum atomic E-state index is 5.84. The van der Waals surface area contributed by atoms with Gasteiger partial charge in [0.15, 0.2) is 0 Å². The van der Waals surface area contributed by atoms with Crippen molar-refractivity contribution in [1.82, 2.24) is 4.98 Å². The molecule has 2 N–H and O–H groups in total. The van der Waals surface area contributed by atoms with Gasteiger partial charge in [-0.1, -0.05) is 6.42 Å². The second-order valence-electron chi connectivity index (χ2n) is 6.55. The Labute approximate surface area is 116 Å². The smallest absolute Gasteiger partial charge is 0.0569 e. The molecule has 1 heterocycles. The van der Waals surface area contributed by atoms with Crippen molar-refractivity contribution >= 4 is 5.69 Å². The normalized spacial score (nSPS) is 30.6. The Morgan fingerprint density at radius 2 is 2.21 bits per heavy atom. The molecule has 0 saturated heterocycles. The van der Waals surface area contributed by atoms with Gasteiger partial charge < -0.3 is 10.6 Å².